The molecular weight excluding hydrogens is 242 g/mol. The lowest BCUT2D eigenvalue weighted by Crippen LogP contribution is -2.44. The average Bonchev–Trinajstić information content (AvgIpc) is 2.74. The smallest absolute Gasteiger partial charge is 0.317 e. The zero-order valence-corrected chi connectivity index (χ0v) is 11.2. The number of likely N-dealkylation sites (N-methyl/N-ethyl adjacent to an activating group) is 1. The van der Waals surface area contributed by atoms with Gasteiger partial charge in [0.05, 0.1) is 0 Å². The summed E-state index contributed by atoms with van der Waals surface area (Å²) in [5.74, 6) is 0.149. The summed E-state index contributed by atoms with van der Waals surface area (Å²) in [5, 5.41) is 9.45. The lowest BCUT2D eigenvalue weighted by Gasteiger charge is -2.36. The molecule has 2 aliphatic rings. The Bertz CT molecular complexity index is 499. The van der Waals surface area contributed by atoms with Gasteiger partial charge in [0.2, 0.25) is 0 Å². The Morgan fingerprint density at radius 1 is 1.53 bits per heavy atom. The zero-order valence-electron chi connectivity index (χ0n) is 11.2. The highest BCUT2D eigenvalue weighted by Crippen LogP contribution is 2.42. The second kappa shape index (κ2) is 4.56. The molecule has 5 nitrogen and oxygen atoms in total. The van der Waals surface area contributed by atoms with Gasteiger partial charge in [-0.25, -0.2) is 9.97 Å². The summed E-state index contributed by atoms with van der Waals surface area (Å²) in [6.45, 7) is 2.07. The Morgan fingerprint density at radius 2 is 2.32 bits per heavy atom. The molecule has 1 saturated heterocycles. The van der Waals surface area contributed by atoms with Crippen molar-refractivity contribution in [2.45, 2.75) is 37.0 Å². The first kappa shape index (κ1) is 12.5. The largest absolute Gasteiger partial charge is 0.480 e. The first-order chi connectivity index (χ1) is 9.12. The number of carboxylic acids is 1. The highest BCUT2D eigenvalue weighted by atomic mass is 16.4. The standard InChI is InChI=1S/C14H19N3O2/c1-17-8-4-10(9-17)11-3-7-15-12(16-11)14(13(18)19)5-2-6-14/h3,7,10H,2,4-6,8-9H2,1H3,(H,18,19). The molecule has 0 bridgehead atoms. The molecule has 1 aromatic rings. The maximum Gasteiger partial charge on any atom is 0.317 e. The van der Waals surface area contributed by atoms with Gasteiger partial charge in [0.15, 0.2) is 0 Å². The Balaban J connectivity index is 1.90. The van der Waals surface area contributed by atoms with Crippen molar-refractivity contribution in [1.29, 1.82) is 0 Å². The topological polar surface area (TPSA) is 66.3 Å². The van der Waals surface area contributed by atoms with Crippen LogP contribution in [0.2, 0.25) is 0 Å². The summed E-state index contributed by atoms with van der Waals surface area (Å²) >= 11 is 0. The summed E-state index contributed by atoms with van der Waals surface area (Å²) in [6, 6.07) is 1.93. The van der Waals surface area contributed by atoms with Crippen LogP contribution in [0.4, 0.5) is 0 Å². The van der Waals surface area contributed by atoms with Gasteiger partial charge in [-0.05, 0) is 38.9 Å². The summed E-state index contributed by atoms with van der Waals surface area (Å²) in [7, 11) is 2.10. The van der Waals surface area contributed by atoms with E-state index in [9.17, 15) is 9.90 Å². The molecule has 1 N–H and O–H groups in total. The molecule has 1 atom stereocenters. The van der Waals surface area contributed by atoms with Gasteiger partial charge in [0.1, 0.15) is 11.2 Å². The van der Waals surface area contributed by atoms with E-state index < -0.39 is 11.4 Å². The molecule has 2 fully saturated rings. The molecule has 1 unspecified atom stereocenters. The van der Waals surface area contributed by atoms with Gasteiger partial charge in [-0.1, -0.05) is 6.42 Å². The van der Waals surface area contributed by atoms with Crippen LogP contribution >= 0.6 is 0 Å². The van der Waals surface area contributed by atoms with E-state index in [-0.39, 0.29) is 0 Å². The van der Waals surface area contributed by atoms with Crippen molar-refractivity contribution < 1.29 is 9.90 Å². The van der Waals surface area contributed by atoms with Gasteiger partial charge in [0.25, 0.3) is 0 Å². The van der Waals surface area contributed by atoms with Crippen molar-refractivity contribution in [2.75, 3.05) is 20.1 Å². The SMILES string of the molecule is CN1CCC(c2ccnc(C3(C(=O)O)CCC3)n2)C1. The summed E-state index contributed by atoms with van der Waals surface area (Å²) in [6.07, 6.45) is 5.09. The average molecular weight is 261 g/mol. The Labute approximate surface area is 112 Å². The van der Waals surface area contributed by atoms with E-state index in [4.69, 9.17) is 0 Å². The van der Waals surface area contributed by atoms with Gasteiger partial charge in [0, 0.05) is 24.4 Å². The fraction of sp³-hybridized carbons (Fsp3) is 0.643. The molecule has 0 radical (unpaired) electrons. The van der Waals surface area contributed by atoms with Crippen molar-refractivity contribution in [3.8, 4) is 0 Å². The number of carboxylic acid groups (broad SMARTS) is 1. The lowest BCUT2D eigenvalue weighted by atomic mass is 9.68. The van der Waals surface area contributed by atoms with Crippen LogP contribution in [0.25, 0.3) is 0 Å². The normalized spacial score (nSPS) is 26.1. The molecule has 1 aliphatic carbocycles. The third-order valence-electron chi connectivity index (χ3n) is 4.53. The number of aromatic nitrogens is 2. The van der Waals surface area contributed by atoms with Crippen LogP contribution in [0.15, 0.2) is 12.3 Å². The molecule has 0 spiro atoms. The van der Waals surface area contributed by atoms with Crippen LogP contribution in [-0.4, -0.2) is 46.1 Å². The Kier molecular flexibility index (Phi) is 3.01. The van der Waals surface area contributed by atoms with Gasteiger partial charge in [-0.2, -0.15) is 0 Å². The Morgan fingerprint density at radius 3 is 2.84 bits per heavy atom. The monoisotopic (exact) mass is 261 g/mol. The van der Waals surface area contributed by atoms with Crippen LogP contribution in [0.3, 0.4) is 0 Å². The number of rotatable bonds is 3. The molecule has 1 aromatic heterocycles. The van der Waals surface area contributed by atoms with Crippen molar-refractivity contribution in [3.63, 3.8) is 0 Å². The van der Waals surface area contributed by atoms with Gasteiger partial charge in [-0.3, -0.25) is 4.79 Å². The minimum absolute atomic E-state index is 0.415. The van der Waals surface area contributed by atoms with E-state index in [0.29, 0.717) is 24.6 Å². The number of carbonyl (C=O) groups is 1. The van der Waals surface area contributed by atoms with Crippen LogP contribution in [0, 0.1) is 0 Å². The molecule has 3 rings (SSSR count). The third kappa shape index (κ3) is 2.02. The highest BCUT2D eigenvalue weighted by molar-refractivity contribution is 5.81. The number of hydrogen-bond acceptors (Lipinski definition) is 4. The first-order valence-corrected chi connectivity index (χ1v) is 6.87. The molecule has 5 heteroatoms. The van der Waals surface area contributed by atoms with Crippen molar-refractivity contribution >= 4 is 5.97 Å². The molecule has 1 aliphatic heterocycles. The van der Waals surface area contributed by atoms with Crippen molar-refractivity contribution in [1.82, 2.24) is 14.9 Å². The number of aliphatic carboxylic acids is 1. The molecule has 102 valence electrons. The fourth-order valence-corrected chi connectivity index (χ4v) is 3.07. The van der Waals surface area contributed by atoms with Crippen LogP contribution in [0.5, 0.6) is 0 Å². The number of likely N-dealkylation sites (tertiary alicyclic amines) is 1. The second-order valence-electron chi connectivity index (χ2n) is 5.79. The quantitative estimate of drug-likeness (QED) is 0.891. The van der Waals surface area contributed by atoms with E-state index in [1.165, 1.54) is 0 Å². The minimum atomic E-state index is -0.819. The van der Waals surface area contributed by atoms with Gasteiger partial charge in [-0.15, -0.1) is 0 Å². The number of hydrogen-bond donors (Lipinski definition) is 1. The van der Waals surface area contributed by atoms with Crippen LogP contribution in [-0.2, 0) is 10.2 Å². The fourth-order valence-electron chi connectivity index (χ4n) is 3.07. The van der Waals surface area contributed by atoms with Crippen molar-refractivity contribution in [2.24, 2.45) is 0 Å². The van der Waals surface area contributed by atoms with E-state index in [0.717, 1.165) is 31.6 Å². The molecule has 0 amide bonds. The molecule has 19 heavy (non-hydrogen) atoms. The van der Waals surface area contributed by atoms with E-state index >= 15 is 0 Å². The van der Waals surface area contributed by atoms with Gasteiger partial charge < -0.3 is 10.0 Å². The van der Waals surface area contributed by atoms with Crippen molar-refractivity contribution in [3.05, 3.63) is 23.8 Å². The molecule has 0 aromatic carbocycles. The zero-order chi connectivity index (χ0) is 13.5. The summed E-state index contributed by atoms with van der Waals surface area (Å²) in [4.78, 5) is 22.6. The maximum atomic E-state index is 11.5. The van der Waals surface area contributed by atoms with E-state index in [1.54, 1.807) is 6.20 Å². The summed E-state index contributed by atoms with van der Waals surface area (Å²) in [5.41, 5.74) is 0.183. The highest BCUT2D eigenvalue weighted by Gasteiger charge is 2.48. The maximum absolute atomic E-state index is 11.5. The molecule has 2 heterocycles. The first-order valence-electron chi connectivity index (χ1n) is 6.87. The summed E-state index contributed by atoms with van der Waals surface area (Å²) < 4.78 is 0. The van der Waals surface area contributed by atoms with Crippen LogP contribution in [0.1, 0.15) is 43.1 Å². The lowest BCUT2D eigenvalue weighted by molar-refractivity contribution is -0.147. The van der Waals surface area contributed by atoms with E-state index in [1.807, 2.05) is 6.07 Å². The molecule has 1 saturated carbocycles. The Hall–Kier alpha value is -1.49. The predicted octanol–water partition coefficient (Wildman–Crippen LogP) is 1.40. The van der Waals surface area contributed by atoms with Crippen LogP contribution < -0.4 is 0 Å². The third-order valence-corrected chi connectivity index (χ3v) is 4.53. The predicted molar refractivity (Wildman–Crippen MR) is 70.1 cm³/mol. The van der Waals surface area contributed by atoms with E-state index in [2.05, 4.69) is 21.9 Å². The molecular formula is C14H19N3O2. The van der Waals surface area contributed by atoms with Gasteiger partial charge >= 0.3 is 5.97 Å². The minimum Gasteiger partial charge on any atom is -0.480 e. The second-order valence-corrected chi connectivity index (χ2v) is 5.79. The number of nitrogens with zero attached hydrogens (tertiary/aromatic N) is 3.